The second-order valence-electron chi connectivity index (χ2n) is 3.89. The summed E-state index contributed by atoms with van der Waals surface area (Å²) in [6.45, 7) is 1.70. The van der Waals surface area contributed by atoms with E-state index in [2.05, 4.69) is 5.32 Å². The molecule has 92 valence electrons. The molecule has 2 rings (SSSR count). The smallest absolute Gasteiger partial charge is 0.260 e. The second kappa shape index (κ2) is 5.75. The van der Waals surface area contributed by atoms with Crippen LogP contribution in [0.15, 0.2) is 24.3 Å². The summed E-state index contributed by atoms with van der Waals surface area (Å²) >= 11 is 0. The molecule has 0 aliphatic carbocycles. The number of carbonyl (C=O) groups excluding carboxylic acids is 1. The highest BCUT2D eigenvalue weighted by atomic mass is 19.1. The van der Waals surface area contributed by atoms with Gasteiger partial charge in [0, 0.05) is 12.1 Å². The van der Waals surface area contributed by atoms with Crippen molar-refractivity contribution in [3.63, 3.8) is 0 Å². The Morgan fingerprint density at radius 2 is 2.24 bits per heavy atom. The maximum atomic E-state index is 13.3. The molecule has 5 heteroatoms. The van der Waals surface area contributed by atoms with Crippen LogP contribution in [0.1, 0.15) is 12.0 Å². The number of halogens is 1. The standard InChI is InChI=1S/C12H15FN2O2/c13-11-5-2-1-4-10(11)9-17-15-7-3-6-14-8-12(15)16/h1-2,4-5,14H,3,6-9H2. The molecular weight excluding hydrogens is 223 g/mol. The average Bonchev–Trinajstić information content (AvgIpc) is 2.53. The van der Waals surface area contributed by atoms with Crippen LogP contribution in [0.25, 0.3) is 0 Å². The highest BCUT2D eigenvalue weighted by Gasteiger charge is 2.17. The lowest BCUT2D eigenvalue weighted by Crippen LogP contribution is -2.34. The van der Waals surface area contributed by atoms with E-state index in [1.807, 2.05) is 0 Å². The van der Waals surface area contributed by atoms with Gasteiger partial charge < -0.3 is 5.32 Å². The van der Waals surface area contributed by atoms with Crippen LogP contribution in [0.5, 0.6) is 0 Å². The van der Waals surface area contributed by atoms with Gasteiger partial charge in [-0.15, -0.1) is 0 Å². The fourth-order valence-electron chi connectivity index (χ4n) is 1.66. The zero-order valence-corrected chi connectivity index (χ0v) is 9.49. The minimum absolute atomic E-state index is 0.0818. The van der Waals surface area contributed by atoms with Gasteiger partial charge >= 0.3 is 0 Å². The summed E-state index contributed by atoms with van der Waals surface area (Å²) in [5, 5.41) is 4.30. The van der Waals surface area contributed by atoms with Gasteiger partial charge in [-0.1, -0.05) is 18.2 Å². The number of hydroxylamine groups is 2. The number of benzene rings is 1. The summed E-state index contributed by atoms with van der Waals surface area (Å²) in [6, 6.07) is 6.40. The van der Waals surface area contributed by atoms with Gasteiger partial charge in [0.15, 0.2) is 0 Å². The molecule has 1 saturated heterocycles. The van der Waals surface area contributed by atoms with Crippen LogP contribution in [0.3, 0.4) is 0 Å². The van der Waals surface area contributed by atoms with Crippen LogP contribution in [0, 0.1) is 5.82 Å². The van der Waals surface area contributed by atoms with Crippen LogP contribution in [0.2, 0.25) is 0 Å². The number of carbonyl (C=O) groups is 1. The van der Waals surface area contributed by atoms with Crippen LogP contribution >= 0.6 is 0 Å². The van der Waals surface area contributed by atoms with E-state index >= 15 is 0 Å². The van der Waals surface area contributed by atoms with Crippen molar-refractivity contribution >= 4 is 5.91 Å². The summed E-state index contributed by atoms with van der Waals surface area (Å²) in [4.78, 5) is 16.9. The van der Waals surface area contributed by atoms with E-state index in [9.17, 15) is 9.18 Å². The SMILES string of the molecule is O=C1CNCCCN1OCc1ccccc1F. The van der Waals surface area contributed by atoms with Gasteiger partial charge in [0.05, 0.1) is 6.54 Å². The van der Waals surface area contributed by atoms with Gasteiger partial charge in [0.1, 0.15) is 12.4 Å². The predicted molar refractivity (Wildman–Crippen MR) is 60.4 cm³/mol. The molecule has 4 nitrogen and oxygen atoms in total. The summed E-state index contributed by atoms with van der Waals surface area (Å²) in [5.41, 5.74) is 0.456. The average molecular weight is 238 g/mol. The highest BCUT2D eigenvalue weighted by molar-refractivity contribution is 5.77. The Labute approximate surface area is 99.3 Å². The zero-order valence-electron chi connectivity index (χ0n) is 9.49. The first kappa shape index (κ1) is 12.0. The first-order valence-electron chi connectivity index (χ1n) is 5.65. The maximum Gasteiger partial charge on any atom is 0.260 e. The highest BCUT2D eigenvalue weighted by Crippen LogP contribution is 2.09. The molecule has 0 bridgehead atoms. The number of nitrogens with one attached hydrogen (secondary N) is 1. The molecule has 0 saturated carbocycles. The third kappa shape index (κ3) is 3.25. The molecule has 1 heterocycles. The van der Waals surface area contributed by atoms with Gasteiger partial charge in [-0.3, -0.25) is 9.63 Å². The molecular formula is C12H15FN2O2. The summed E-state index contributed by atoms with van der Waals surface area (Å²) in [7, 11) is 0. The summed E-state index contributed by atoms with van der Waals surface area (Å²) < 4.78 is 13.3. The molecule has 1 fully saturated rings. The minimum atomic E-state index is -0.312. The van der Waals surface area contributed by atoms with Crippen LogP contribution in [-0.4, -0.2) is 30.6 Å². The van der Waals surface area contributed by atoms with Crippen molar-refractivity contribution in [3.8, 4) is 0 Å². The Balaban J connectivity index is 1.93. The zero-order chi connectivity index (χ0) is 12.1. The molecule has 0 atom stereocenters. The molecule has 0 spiro atoms. The summed E-state index contributed by atoms with van der Waals surface area (Å²) in [5.74, 6) is -0.424. The first-order valence-corrected chi connectivity index (χ1v) is 5.65. The van der Waals surface area contributed by atoms with Crippen molar-refractivity contribution in [3.05, 3.63) is 35.6 Å². The number of hydrogen-bond acceptors (Lipinski definition) is 3. The molecule has 1 aliphatic rings. The fourth-order valence-corrected chi connectivity index (χ4v) is 1.66. The number of nitrogens with zero attached hydrogens (tertiary/aromatic N) is 1. The van der Waals surface area contributed by atoms with Crippen molar-refractivity contribution in [1.82, 2.24) is 10.4 Å². The fraction of sp³-hybridized carbons (Fsp3) is 0.417. The normalized spacial score (nSPS) is 17.0. The minimum Gasteiger partial charge on any atom is -0.308 e. The van der Waals surface area contributed by atoms with E-state index in [0.717, 1.165) is 13.0 Å². The van der Waals surface area contributed by atoms with Gasteiger partial charge in [0.25, 0.3) is 5.91 Å². The van der Waals surface area contributed by atoms with Crippen LogP contribution in [-0.2, 0) is 16.2 Å². The molecule has 1 aromatic rings. The van der Waals surface area contributed by atoms with Crippen molar-refractivity contribution in [2.75, 3.05) is 19.6 Å². The third-order valence-electron chi connectivity index (χ3n) is 2.60. The number of hydrogen-bond donors (Lipinski definition) is 1. The molecule has 1 N–H and O–H groups in total. The van der Waals surface area contributed by atoms with E-state index in [1.165, 1.54) is 11.1 Å². The lowest BCUT2D eigenvalue weighted by molar-refractivity contribution is -0.189. The Bertz CT molecular complexity index is 398. The second-order valence-corrected chi connectivity index (χ2v) is 3.89. The topological polar surface area (TPSA) is 41.6 Å². The monoisotopic (exact) mass is 238 g/mol. The summed E-state index contributed by atoms with van der Waals surface area (Å²) in [6.07, 6.45) is 0.836. The maximum absolute atomic E-state index is 13.3. The van der Waals surface area contributed by atoms with Crippen molar-refractivity contribution in [2.45, 2.75) is 13.0 Å². The lowest BCUT2D eigenvalue weighted by Gasteiger charge is -2.19. The largest absolute Gasteiger partial charge is 0.308 e. The quantitative estimate of drug-likeness (QED) is 0.856. The Morgan fingerprint density at radius 3 is 3.06 bits per heavy atom. The molecule has 0 unspecified atom stereocenters. The lowest BCUT2D eigenvalue weighted by atomic mass is 10.2. The van der Waals surface area contributed by atoms with Gasteiger partial charge in [-0.25, -0.2) is 9.45 Å². The molecule has 1 amide bonds. The Kier molecular flexibility index (Phi) is 4.06. The van der Waals surface area contributed by atoms with Gasteiger partial charge in [-0.2, -0.15) is 0 Å². The van der Waals surface area contributed by atoms with Gasteiger partial charge in [-0.05, 0) is 19.0 Å². The molecule has 0 radical (unpaired) electrons. The van der Waals surface area contributed by atoms with E-state index in [4.69, 9.17) is 4.84 Å². The van der Waals surface area contributed by atoms with E-state index in [0.29, 0.717) is 12.1 Å². The predicted octanol–water partition coefficient (Wildman–Crippen LogP) is 1.08. The van der Waals surface area contributed by atoms with E-state index in [-0.39, 0.29) is 24.9 Å². The Morgan fingerprint density at radius 1 is 1.41 bits per heavy atom. The van der Waals surface area contributed by atoms with Crippen LogP contribution in [0.4, 0.5) is 4.39 Å². The molecule has 17 heavy (non-hydrogen) atoms. The van der Waals surface area contributed by atoms with Crippen molar-refractivity contribution in [1.29, 1.82) is 0 Å². The molecule has 1 aromatic carbocycles. The van der Waals surface area contributed by atoms with Crippen molar-refractivity contribution in [2.24, 2.45) is 0 Å². The molecule has 1 aliphatic heterocycles. The van der Waals surface area contributed by atoms with E-state index < -0.39 is 0 Å². The first-order chi connectivity index (χ1) is 8.27. The third-order valence-corrected chi connectivity index (χ3v) is 2.60. The number of rotatable bonds is 3. The van der Waals surface area contributed by atoms with Crippen LogP contribution < -0.4 is 5.32 Å². The van der Waals surface area contributed by atoms with E-state index in [1.54, 1.807) is 18.2 Å². The molecule has 0 aromatic heterocycles. The van der Waals surface area contributed by atoms with Crippen molar-refractivity contribution < 1.29 is 14.0 Å². The van der Waals surface area contributed by atoms with Gasteiger partial charge in [0.2, 0.25) is 0 Å². The Hall–Kier alpha value is -1.46. The number of amides is 1.